The summed E-state index contributed by atoms with van der Waals surface area (Å²) in [5.74, 6) is -0.911. The van der Waals surface area contributed by atoms with Gasteiger partial charge in [-0.2, -0.15) is 0 Å². The minimum Gasteiger partial charge on any atom is -0.648 e. The van der Waals surface area contributed by atoms with Crippen molar-refractivity contribution in [3.05, 3.63) is 35.4 Å². The summed E-state index contributed by atoms with van der Waals surface area (Å²) >= 11 is 0. The normalized spacial score (nSPS) is 6.74. The van der Waals surface area contributed by atoms with E-state index in [4.69, 9.17) is 19.5 Å². The molecule has 0 aliphatic carbocycles. The molecule has 1 N–H and O–H groups in total. The molecule has 0 saturated carbocycles. The van der Waals surface area contributed by atoms with Crippen LogP contribution in [0, 0.1) is 0 Å². The van der Waals surface area contributed by atoms with Gasteiger partial charge in [0.2, 0.25) is 0 Å². The van der Waals surface area contributed by atoms with Crippen LogP contribution in [-0.4, -0.2) is 43.0 Å². The molecule has 1 aromatic heterocycles. The van der Waals surface area contributed by atoms with Crippen LogP contribution in [0.3, 0.4) is 0 Å². The van der Waals surface area contributed by atoms with Gasteiger partial charge in [-0.1, -0.05) is 6.07 Å². The number of aromatic nitrogens is 1. The van der Waals surface area contributed by atoms with Crippen molar-refractivity contribution in [2.75, 3.05) is 6.54 Å². The molecule has 7 nitrogen and oxygen atoms in total. The van der Waals surface area contributed by atoms with Crippen molar-refractivity contribution < 1.29 is 44.4 Å². The van der Waals surface area contributed by atoms with Gasteiger partial charge in [-0.15, -0.1) is 6.54 Å². The standard InChI is InChI=1S/C8H9N2O2.3CHO.Tc/c11-8(12)6-9-5-7-3-1-2-4-10-7;3*1-2;/h1-4H,5-6H2,(H,11,12);3*1H;/q4*-1;+4. The van der Waals surface area contributed by atoms with Gasteiger partial charge in [-0.3, -0.25) is 30.1 Å². The van der Waals surface area contributed by atoms with Crippen molar-refractivity contribution in [3.63, 3.8) is 0 Å². The first-order valence-electron chi connectivity index (χ1n) is 4.24. The summed E-state index contributed by atoms with van der Waals surface area (Å²) in [6.45, 7) is 9.96. The smallest absolute Gasteiger partial charge is 0.648 e. The molecule has 0 aliphatic rings. The van der Waals surface area contributed by atoms with E-state index in [1.54, 1.807) is 12.3 Å². The van der Waals surface area contributed by atoms with Crippen LogP contribution >= 0.6 is 0 Å². The first-order chi connectivity index (χ1) is 8.79. The monoisotopic (exact) mass is 349 g/mol. The molecule has 1 aromatic rings. The van der Waals surface area contributed by atoms with E-state index >= 15 is 0 Å². The van der Waals surface area contributed by atoms with Crippen LogP contribution in [0.4, 0.5) is 0 Å². The molecule has 0 bridgehead atoms. The van der Waals surface area contributed by atoms with Crippen molar-refractivity contribution in [1.29, 1.82) is 0 Å². The molecule has 0 amide bonds. The minimum absolute atomic E-state index is 0. The second-order valence-electron chi connectivity index (χ2n) is 2.25. The second-order valence-corrected chi connectivity index (χ2v) is 2.25. The van der Waals surface area contributed by atoms with Gasteiger partial charge in [0.1, 0.15) is 0 Å². The Labute approximate surface area is 124 Å². The van der Waals surface area contributed by atoms with Crippen LogP contribution in [0.25, 0.3) is 5.32 Å². The number of rotatable bonds is 4. The van der Waals surface area contributed by atoms with Crippen molar-refractivity contribution in [3.8, 4) is 0 Å². The first-order valence-corrected chi connectivity index (χ1v) is 4.24. The number of hydrogen-bond acceptors (Lipinski definition) is 5. The molecule has 1 heterocycles. The Bertz CT molecular complexity index is 296. The third-order valence-corrected chi connectivity index (χ3v) is 1.25. The van der Waals surface area contributed by atoms with E-state index < -0.39 is 5.97 Å². The predicted octanol–water partition coefficient (Wildman–Crippen LogP) is 0.215. The number of nitrogens with zero attached hydrogens (tertiary/aromatic N) is 2. The van der Waals surface area contributed by atoms with E-state index in [9.17, 15) is 4.79 Å². The van der Waals surface area contributed by atoms with E-state index in [-0.39, 0.29) is 26.7 Å². The van der Waals surface area contributed by atoms with E-state index in [0.29, 0.717) is 6.54 Å². The van der Waals surface area contributed by atoms with Gasteiger partial charge in [0.15, 0.2) is 0 Å². The Morgan fingerprint density at radius 1 is 1.16 bits per heavy atom. The van der Waals surface area contributed by atoms with Crippen molar-refractivity contribution in [2.24, 2.45) is 0 Å². The molecular weight excluding hydrogens is 338 g/mol. The second kappa shape index (κ2) is 25.2. The van der Waals surface area contributed by atoms with Crippen molar-refractivity contribution in [2.45, 2.75) is 6.54 Å². The van der Waals surface area contributed by atoms with Gasteiger partial charge in [0, 0.05) is 11.9 Å². The molecule has 1 rings (SSSR count). The largest absolute Gasteiger partial charge is 4.00 e. The minimum atomic E-state index is -0.911. The number of aliphatic carboxylic acids is 1. The summed E-state index contributed by atoms with van der Waals surface area (Å²) in [5, 5.41) is 12.1. The first kappa shape index (κ1) is 25.9. The molecule has 0 unspecified atom stereocenters. The maximum Gasteiger partial charge on any atom is 4.00 e. The molecule has 0 fully saturated rings. The van der Waals surface area contributed by atoms with Gasteiger partial charge in [-0.25, -0.2) is 0 Å². The molecule has 0 saturated heterocycles. The molecular formula is C11H12N2O5Tc. The Morgan fingerprint density at radius 3 is 2.05 bits per heavy atom. The molecule has 19 heavy (non-hydrogen) atoms. The van der Waals surface area contributed by atoms with Crippen LogP contribution in [0.1, 0.15) is 5.69 Å². The third-order valence-electron chi connectivity index (χ3n) is 1.25. The quantitative estimate of drug-likeness (QED) is 0.613. The van der Waals surface area contributed by atoms with Crippen LogP contribution in [-0.2, 0) is 45.8 Å². The Morgan fingerprint density at radius 2 is 1.68 bits per heavy atom. The number of carbonyl (C=O) groups excluding carboxylic acids is 3. The van der Waals surface area contributed by atoms with Crippen molar-refractivity contribution >= 4 is 26.3 Å². The zero-order valence-electron chi connectivity index (χ0n) is 9.81. The zero-order chi connectivity index (χ0) is 14.8. The number of hydrogen-bond donors (Lipinski definition) is 1. The molecule has 1 radical (unpaired) electrons. The summed E-state index contributed by atoms with van der Waals surface area (Å²) in [7, 11) is 0. The summed E-state index contributed by atoms with van der Waals surface area (Å²) < 4.78 is 0. The SMILES string of the molecule is O=C(O)C[N-]Cc1ccccn1.[CH-]=O.[CH-]=O.[CH-]=O.[Tc+4]. The zero-order valence-corrected chi connectivity index (χ0v) is 11.7. The van der Waals surface area contributed by atoms with Crippen LogP contribution in [0.5, 0.6) is 0 Å². The molecule has 103 valence electrons. The summed E-state index contributed by atoms with van der Waals surface area (Å²) in [4.78, 5) is 37.3. The Balaban J connectivity index is -0.000000142. The van der Waals surface area contributed by atoms with Crippen LogP contribution in [0.15, 0.2) is 24.4 Å². The summed E-state index contributed by atoms with van der Waals surface area (Å²) in [6.07, 6.45) is 1.66. The average molecular weight is 350 g/mol. The fourth-order valence-electron chi connectivity index (χ4n) is 0.758. The number of pyridine rings is 1. The van der Waals surface area contributed by atoms with Gasteiger partial charge in [0.25, 0.3) is 5.97 Å². The number of carbonyl (C=O) groups is 1. The van der Waals surface area contributed by atoms with E-state index in [2.05, 4.69) is 30.7 Å². The predicted molar refractivity (Wildman–Crippen MR) is 64.1 cm³/mol. The molecule has 0 aromatic carbocycles. The summed E-state index contributed by atoms with van der Waals surface area (Å²) in [6, 6.07) is 5.46. The number of carboxylic acids is 1. The van der Waals surface area contributed by atoms with Gasteiger partial charge >= 0.3 is 20.1 Å². The molecule has 0 aliphatic heterocycles. The fraction of sp³-hybridized carbons (Fsp3) is 0.182. The van der Waals surface area contributed by atoms with Gasteiger partial charge in [0.05, 0.1) is 0 Å². The topological polar surface area (TPSA) is 115 Å². The van der Waals surface area contributed by atoms with Crippen LogP contribution < -0.4 is 0 Å². The van der Waals surface area contributed by atoms with E-state index in [1.165, 1.54) is 0 Å². The maximum atomic E-state index is 10.1. The summed E-state index contributed by atoms with van der Waals surface area (Å²) in [5.41, 5.74) is 0.791. The number of carboxylic acid groups (broad SMARTS) is 1. The maximum absolute atomic E-state index is 10.1. The molecule has 8 heteroatoms. The fourth-order valence-corrected chi connectivity index (χ4v) is 0.758. The Hall–Kier alpha value is -1.76. The third kappa shape index (κ3) is 22.0. The van der Waals surface area contributed by atoms with E-state index in [0.717, 1.165) is 5.69 Å². The van der Waals surface area contributed by atoms with Gasteiger partial charge in [-0.05, 0) is 18.7 Å². The average Bonchev–Trinajstić information content (AvgIpc) is 2.46. The van der Waals surface area contributed by atoms with E-state index in [1.807, 2.05) is 12.1 Å². The van der Waals surface area contributed by atoms with Gasteiger partial charge < -0.3 is 24.8 Å². The van der Waals surface area contributed by atoms with Crippen LogP contribution in [0.2, 0.25) is 0 Å². The van der Waals surface area contributed by atoms with Crippen molar-refractivity contribution in [1.82, 2.24) is 4.98 Å². The molecule has 0 spiro atoms. The molecule has 0 atom stereocenters. The Kier molecular flexibility index (Phi) is 34.4.